The maximum Gasteiger partial charge on any atom is 0.307 e. The number of carboxylic acids is 1. The van der Waals surface area contributed by atoms with E-state index in [2.05, 4.69) is 11.4 Å². The Bertz CT molecular complexity index is 928. The molecule has 3 aliphatic rings. The molecule has 136 valence electrons. The van der Waals surface area contributed by atoms with Crippen molar-refractivity contribution in [2.24, 2.45) is 29.1 Å². The maximum absolute atomic E-state index is 13.0. The fourth-order valence-corrected chi connectivity index (χ4v) is 5.29. The number of hydrogen-bond donors (Lipinski definition) is 2. The molecule has 4 nitrogen and oxygen atoms in total. The number of carbonyl (C=O) groups excluding carboxylic acids is 1. The van der Waals surface area contributed by atoms with Gasteiger partial charge in [0.25, 0.3) is 0 Å². The summed E-state index contributed by atoms with van der Waals surface area (Å²) in [6, 6.07) is 17.8. The van der Waals surface area contributed by atoms with Gasteiger partial charge in [-0.3, -0.25) is 9.59 Å². The van der Waals surface area contributed by atoms with Crippen LogP contribution in [0.3, 0.4) is 0 Å². The topological polar surface area (TPSA) is 66.4 Å². The van der Waals surface area contributed by atoms with Crippen LogP contribution in [0, 0.1) is 29.1 Å². The number of benzene rings is 2. The standard InChI is InChI=1S/C23H21NO3/c25-21(19-17-10-11-18(20(19)22(26)27)23(17)12-13-23)24-16-8-6-15(7-9-16)14-4-2-1-3-5-14/h1-11,17-20H,12-13H2,(H,24,25)(H,26,27)/t17-,18+,19+,20-/m0/s1. The molecule has 2 fully saturated rings. The van der Waals surface area contributed by atoms with Crippen molar-refractivity contribution < 1.29 is 14.7 Å². The molecule has 1 spiro atoms. The molecule has 2 aromatic rings. The lowest BCUT2D eigenvalue weighted by molar-refractivity contribution is -0.146. The first-order chi connectivity index (χ1) is 13.1. The van der Waals surface area contributed by atoms with Crippen LogP contribution in [0.5, 0.6) is 0 Å². The van der Waals surface area contributed by atoms with E-state index in [-0.39, 0.29) is 23.2 Å². The third-order valence-electron chi connectivity index (χ3n) is 6.69. The Kier molecular flexibility index (Phi) is 3.51. The van der Waals surface area contributed by atoms with Crippen LogP contribution in [0.25, 0.3) is 11.1 Å². The Balaban J connectivity index is 1.36. The Morgan fingerprint density at radius 2 is 1.44 bits per heavy atom. The van der Waals surface area contributed by atoms with Crippen LogP contribution in [0.4, 0.5) is 5.69 Å². The summed E-state index contributed by atoms with van der Waals surface area (Å²) in [6.45, 7) is 0. The average molecular weight is 359 g/mol. The number of carbonyl (C=O) groups is 2. The molecule has 2 N–H and O–H groups in total. The van der Waals surface area contributed by atoms with Crippen LogP contribution in [0.15, 0.2) is 66.7 Å². The molecule has 1 amide bonds. The first kappa shape index (κ1) is 16.3. The third-order valence-corrected chi connectivity index (χ3v) is 6.69. The second-order valence-electron chi connectivity index (χ2n) is 7.99. The van der Waals surface area contributed by atoms with Crippen LogP contribution in [-0.2, 0) is 9.59 Å². The van der Waals surface area contributed by atoms with Crippen molar-refractivity contribution >= 4 is 17.6 Å². The van der Waals surface area contributed by atoms with Crippen LogP contribution in [0.2, 0.25) is 0 Å². The fraction of sp³-hybridized carbons (Fsp3) is 0.304. The van der Waals surface area contributed by atoms with Crippen molar-refractivity contribution in [3.05, 3.63) is 66.7 Å². The molecule has 0 aromatic heterocycles. The number of anilines is 1. The van der Waals surface area contributed by atoms with Crippen molar-refractivity contribution in [2.45, 2.75) is 12.8 Å². The molecule has 0 radical (unpaired) electrons. The van der Waals surface area contributed by atoms with E-state index in [1.54, 1.807) is 0 Å². The van der Waals surface area contributed by atoms with Gasteiger partial charge in [0, 0.05) is 5.69 Å². The molecule has 0 heterocycles. The van der Waals surface area contributed by atoms with Gasteiger partial charge >= 0.3 is 5.97 Å². The number of carboxylic acid groups (broad SMARTS) is 1. The van der Waals surface area contributed by atoms with E-state index in [9.17, 15) is 14.7 Å². The first-order valence-corrected chi connectivity index (χ1v) is 9.48. The summed E-state index contributed by atoms with van der Waals surface area (Å²) in [6.07, 6.45) is 6.19. The molecule has 2 saturated carbocycles. The minimum atomic E-state index is -0.849. The van der Waals surface area contributed by atoms with E-state index in [1.807, 2.05) is 60.7 Å². The minimum absolute atomic E-state index is 0.0104. The second kappa shape index (κ2) is 5.81. The smallest absolute Gasteiger partial charge is 0.307 e. The zero-order chi connectivity index (χ0) is 18.6. The van der Waals surface area contributed by atoms with Gasteiger partial charge in [-0.05, 0) is 53.4 Å². The van der Waals surface area contributed by atoms with Gasteiger partial charge in [-0.15, -0.1) is 0 Å². The van der Waals surface area contributed by atoms with Gasteiger partial charge in [0.2, 0.25) is 5.91 Å². The number of hydrogen-bond acceptors (Lipinski definition) is 2. The summed E-state index contributed by atoms with van der Waals surface area (Å²) in [5, 5.41) is 12.7. The van der Waals surface area contributed by atoms with Gasteiger partial charge in [0.15, 0.2) is 0 Å². The molecule has 3 aliphatic carbocycles. The molecule has 5 rings (SSSR count). The normalized spacial score (nSPS) is 29.0. The fourth-order valence-electron chi connectivity index (χ4n) is 5.29. The van der Waals surface area contributed by atoms with Gasteiger partial charge in [-0.2, -0.15) is 0 Å². The Morgan fingerprint density at radius 1 is 0.852 bits per heavy atom. The highest BCUT2D eigenvalue weighted by atomic mass is 16.4. The molecular formula is C23H21NO3. The highest BCUT2D eigenvalue weighted by Crippen LogP contribution is 2.72. The molecule has 0 aliphatic heterocycles. The van der Waals surface area contributed by atoms with E-state index >= 15 is 0 Å². The van der Waals surface area contributed by atoms with E-state index in [0.29, 0.717) is 5.69 Å². The molecule has 4 heteroatoms. The zero-order valence-corrected chi connectivity index (χ0v) is 14.8. The van der Waals surface area contributed by atoms with Crippen molar-refractivity contribution in [3.8, 4) is 11.1 Å². The summed E-state index contributed by atoms with van der Waals surface area (Å²) >= 11 is 0. The Hall–Kier alpha value is -2.88. The molecule has 27 heavy (non-hydrogen) atoms. The van der Waals surface area contributed by atoms with Crippen LogP contribution in [0.1, 0.15) is 12.8 Å². The maximum atomic E-state index is 13.0. The largest absolute Gasteiger partial charge is 0.481 e. The summed E-state index contributed by atoms with van der Waals surface area (Å²) in [7, 11) is 0. The number of aliphatic carboxylic acids is 1. The van der Waals surface area contributed by atoms with Gasteiger partial charge in [0.1, 0.15) is 0 Å². The third kappa shape index (κ3) is 2.43. The van der Waals surface area contributed by atoms with Gasteiger partial charge < -0.3 is 10.4 Å². The molecule has 0 saturated heterocycles. The first-order valence-electron chi connectivity index (χ1n) is 9.48. The zero-order valence-electron chi connectivity index (χ0n) is 14.8. The summed E-state index contributed by atoms with van der Waals surface area (Å²) < 4.78 is 0. The average Bonchev–Trinajstić information content (AvgIpc) is 3.35. The Labute approximate surface area is 157 Å². The number of rotatable bonds is 4. The van der Waals surface area contributed by atoms with Gasteiger partial charge in [0.05, 0.1) is 11.8 Å². The lowest BCUT2D eigenvalue weighted by Crippen LogP contribution is -2.36. The SMILES string of the molecule is O=C(O)[C@@H]1[C@H](C(=O)Nc2ccc(-c3ccccc3)cc2)[C@@H]2C=C[C@H]1C21CC1. The van der Waals surface area contributed by atoms with Crippen LogP contribution >= 0.6 is 0 Å². The van der Waals surface area contributed by atoms with E-state index < -0.39 is 17.8 Å². The molecule has 4 atom stereocenters. The van der Waals surface area contributed by atoms with Crippen molar-refractivity contribution in [1.29, 1.82) is 0 Å². The minimum Gasteiger partial charge on any atom is -0.481 e. The molecule has 0 unspecified atom stereocenters. The summed E-state index contributed by atoms with van der Waals surface area (Å²) in [5.74, 6) is -2.03. The van der Waals surface area contributed by atoms with Crippen LogP contribution < -0.4 is 5.32 Å². The van der Waals surface area contributed by atoms with E-state index in [0.717, 1.165) is 24.0 Å². The summed E-state index contributed by atoms with van der Waals surface area (Å²) in [5.41, 5.74) is 2.95. The van der Waals surface area contributed by atoms with Crippen molar-refractivity contribution in [1.82, 2.24) is 0 Å². The predicted octanol–water partition coefficient (Wildman–Crippen LogP) is 4.21. The van der Waals surface area contributed by atoms with Crippen molar-refractivity contribution in [2.75, 3.05) is 5.32 Å². The number of nitrogens with one attached hydrogen (secondary N) is 1. The highest BCUT2D eigenvalue weighted by molar-refractivity contribution is 5.97. The lowest BCUT2D eigenvalue weighted by Gasteiger charge is -2.23. The monoisotopic (exact) mass is 359 g/mol. The van der Waals surface area contributed by atoms with Gasteiger partial charge in [-0.25, -0.2) is 0 Å². The van der Waals surface area contributed by atoms with Gasteiger partial charge in [-0.1, -0.05) is 54.6 Å². The highest BCUT2D eigenvalue weighted by Gasteiger charge is 2.70. The Morgan fingerprint density at radius 3 is 2.04 bits per heavy atom. The molecule has 2 bridgehead atoms. The number of allylic oxidation sites excluding steroid dienone is 2. The lowest BCUT2D eigenvalue weighted by atomic mass is 9.82. The summed E-state index contributed by atoms with van der Waals surface area (Å²) in [4.78, 5) is 24.8. The van der Waals surface area contributed by atoms with E-state index in [1.165, 1.54) is 0 Å². The van der Waals surface area contributed by atoms with Crippen LogP contribution in [-0.4, -0.2) is 17.0 Å². The quantitative estimate of drug-likeness (QED) is 0.804. The van der Waals surface area contributed by atoms with Crippen molar-refractivity contribution in [3.63, 3.8) is 0 Å². The number of amides is 1. The molecule has 2 aromatic carbocycles. The molecular weight excluding hydrogens is 338 g/mol. The van der Waals surface area contributed by atoms with E-state index in [4.69, 9.17) is 0 Å². The second-order valence-corrected chi connectivity index (χ2v) is 7.99. The predicted molar refractivity (Wildman–Crippen MR) is 103 cm³/mol.